The largest absolute Gasteiger partial charge is 0.481 e. The molecular formula is C14H24N2O3. The number of carboxylic acid groups (broad SMARTS) is 1. The van der Waals surface area contributed by atoms with Gasteiger partial charge < -0.3 is 15.3 Å². The lowest BCUT2D eigenvalue weighted by Gasteiger charge is -2.45. The molecule has 108 valence electrons. The van der Waals surface area contributed by atoms with Crippen LogP contribution in [0.2, 0.25) is 0 Å². The smallest absolute Gasteiger partial charge is 0.318 e. The van der Waals surface area contributed by atoms with E-state index in [1.807, 2.05) is 4.90 Å². The molecule has 5 heteroatoms. The molecule has 2 amide bonds. The van der Waals surface area contributed by atoms with Gasteiger partial charge in [0.1, 0.15) is 0 Å². The van der Waals surface area contributed by atoms with Gasteiger partial charge in [0.15, 0.2) is 0 Å². The number of urea groups is 1. The number of carbonyl (C=O) groups excluding carboxylic acids is 1. The monoisotopic (exact) mass is 268 g/mol. The van der Waals surface area contributed by atoms with E-state index in [0.29, 0.717) is 5.92 Å². The van der Waals surface area contributed by atoms with Crippen molar-refractivity contribution in [2.75, 3.05) is 6.54 Å². The Morgan fingerprint density at radius 1 is 1.32 bits per heavy atom. The van der Waals surface area contributed by atoms with Crippen molar-refractivity contribution in [1.82, 2.24) is 10.2 Å². The first kappa shape index (κ1) is 14.2. The van der Waals surface area contributed by atoms with Crippen LogP contribution in [0.15, 0.2) is 0 Å². The summed E-state index contributed by atoms with van der Waals surface area (Å²) in [5.74, 6) is -0.307. The SMILES string of the molecule is CC1CCC(C)N(C(=O)NC2(CC(=O)O)CCC2)C1. The van der Waals surface area contributed by atoms with Gasteiger partial charge in [-0.15, -0.1) is 0 Å². The van der Waals surface area contributed by atoms with Gasteiger partial charge in [-0.3, -0.25) is 4.79 Å². The minimum Gasteiger partial charge on any atom is -0.481 e. The number of amides is 2. The standard InChI is InChI=1S/C14H24N2O3/c1-10-4-5-11(2)16(9-10)13(19)15-14(6-3-7-14)8-12(17)18/h10-11H,3-9H2,1-2H3,(H,15,19)(H,17,18). The van der Waals surface area contributed by atoms with Gasteiger partial charge in [-0.1, -0.05) is 6.92 Å². The summed E-state index contributed by atoms with van der Waals surface area (Å²) in [6.45, 7) is 4.99. The minimum absolute atomic E-state index is 0.0382. The number of rotatable bonds is 3. The molecule has 2 rings (SSSR count). The van der Waals surface area contributed by atoms with E-state index in [1.165, 1.54) is 0 Å². The molecule has 0 radical (unpaired) electrons. The molecule has 2 atom stereocenters. The average Bonchev–Trinajstić information content (AvgIpc) is 2.28. The maximum absolute atomic E-state index is 12.4. The lowest BCUT2D eigenvalue weighted by Crippen LogP contribution is -2.60. The van der Waals surface area contributed by atoms with Gasteiger partial charge in [0.05, 0.1) is 12.0 Å². The van der Waals surface area contributed by atoms with Gasteiger partial charge >= 0.3 is 12.0 Å². The van der Waals surface area contributed by atoms with Gasteiger partial charge in [-0.25, -0.2) is 4.79 Å². The zero-order chi connectivity index (χ0) is 14.0. The van der Waals surface area contributed by atoms with E-state index in [2.05, 4.69) is 19.2 Å². The second-order valence-corrected chi connectivity index (χ2v) is 6.32. The lowest BCUT2D eigenvalue weighted by atomic mass is 9.74. The molecule has 19 heavy (non-hydrogen) atoms. The molecular weight excluding hydrogens is 244 g/mol. The predicted octanol–water partition coefficient (Wildman–Crippen LogP) is 2.21. The molecule has 2 N–H and O–H groups in total. The molecule has 0 bridgehead atoms. The van der Waals surface area contributed by atoms with Crippen molar-refractivity contribution in [3.05, 3.63) is 0 Å². The van der Waals surface area contributed by atoms with E-state index in [0.717, 1.165) is 38.6 Å². The number of aliphatic carboxylic acids is 1. The van der Waals surface area contributed by atoms with E-state index in [1.54, 1.807) is 0 Å². The van der Waals surface area contributed by atoms with Crippen LogP contribution in [0.1, 0.15) is 52.4 Å². The molecule has 0 aromatic heterocycles. The lowest BCUT2D eigenvalue weighted by molar-refractivity contribution is -0.139. The fraction of sp³-hybridized carbons (Fsp3) is 0.857. The summed E-state index contributed by atoms with van der Waals surface area (Å²) in [5.41, 5.74) is -0.497. The highest BCUT2D eigenvalue weighted by molar-refractivity contribution is 5.77. The van der Waals surface area contributed by atoms with Crippen molar-refractivity contribution >= 4 is 12.0 Å². The molecule has 0 aromatic carbocycles. The van der Waals surface area contributed by atoms with Gasteiger partial charge in [0, 0.05) is 12.6 Å². The van der Waals surface area contributed by atoms with Crippen LogP contribution in [-0.2, 0) is 4.79 Å². The molecule has 1 saturated heterocycles. The summed E-state index contributed by atoms with van der Waals surface area (Å²) in [5, 5.41) is 12.0. The summed E-state index contributed by atoms with van der Waals surface area (Å²) in [6, 6.07) is 0.165. The van der Waals surface area contributed by atoms with Crippen LogP contribution in [-0.4, -0.2) is 40.1 Å². The normalized spacial score (nSPS) is 29.5. The third-order valence-electron chi connectivity index (χ3n) is 4.55. The maximum Gasteiger partial charge on any atom is 0.318 e. The first-order valence-corrected chi connectivity index (χ1v) is 7.22. The van der Waals surface area contributed by atoms with E-state index >= 15 is 0 Å². The first-order valence-electron chi connectivity index (χ1n) is 7.22. The number of hydrogen-bond acceptors (Lipinski definition) is 2. The van der Waals surface area contributed by atoms with Crippen molar-refractivity contribution in [3.8, 4) is 0 Å². The zero-order valence-electron chi connectivity index (χ0n) is 11.8. The Balaban J connectivity index is 1.97. The highest BCUT2D eigenvalue weighted by atomic mass is 16.4. The Hall–Kier alpha value is -1.26. The zero-order valence-corrected chi connectivity index (χ0v) is 11.8. The summed E-state index contributed by atoms with van der Waals surface area (Å²) in [6.07, 6.45) is 4.79. The summed E-state index contributed by atoms with van der Waals surface area (Å²) < 4.78 is 0. The molecule has 1 heterocycles. The van der Waals surface area contributed by atoms with Crippen LogP contribution in [0.3, 0.4) is 0 Å². The van der Waals surface area contributed by atoms with Crippen molar-refractivity contribution < 1.29 is 14.7 Å². The van der Waals surface area contributed by atoms with E-state index in [-0.39, 0.29) is 18.5 Å². The van der Waals surface area contributed by atoms with Crippen molar-refractivity contribution in [1.29, 1.82) is 0 Å². The third kappa shape index (κ3) is 3.19. The molecule has 0 aromatic rings. The number of carbonyl (C=O) groups is 2. The van der Waals surface area contributed by atoms with E-state index in [4.69, 9.17) is 5.11 Å². The molecule has 1 aliphatic heterocycles. The van der Waals surface area contributed by atoms with Gasteiger partial charge in [-0.05, 0) is 44.9 Å². The number of nitrogens with one attached hydrogen (secondary N) is 1. The van der Waals surface area contributed by atoms with E-state index in [9.17, 15) is 9.59 Å². The van der Waals surface area contributed by atoms with Crippen molar-refractivity contribution in [2.45, 2.75) is 64.0 Å². The third-order valence-corrected chi connectivity index (χ3v) is 4.55. The summed E-state index contributed by atoms with van der Waals surface area (Å²) >= 11 is 0. The van der Waals surface area contributed by atoms with Gasteiger partial charge in [-0.2, -0.15) is 0 Å². The van der Waals surface area contributed by atoms with Crippen LogP contribution < -0.4 is 5.32 Å². The highest BCUT2D eigenvalue weighted by Crippen LogP contribution is 2.35. The second-order valence-electron chi connectivity index (χ2n) is 6.32. The molecule has 2 unspecified atom stereocenters. The quantitative estimate of drug-likeness (QED) is 0.824. The molecule has 2 aliphatic rings. The Morgan fingerprint density at radius 3 is 2.53 bits per heavy atom. The summed E-state index contributed by atoms with van der Waals surface area (Å²) in [7, 11) is 0. The number of nitrogens with zero attached hydrogens (tertiary/aromatic N) is 1. The predicted molar refractivity (Wildman–Crippen MR) is 71.9 cm³/mol. The Labute approximate surface area is 114 Å². The topological polar surface area (TPSA) is 69.6 Å². The first-order chi connectivity index (χ1) is 8.92. The van der Waals surface area contributed by atoms with Crippen molar-refractivity contribution in [2.24, 2.45) is 5.92 Å². The van der Waals surface area contributed by atoms with Crippen LogP contribution in [0.4, 0.5) is 4.79 Å². The number of piperidine rings is 1. The van der Waals surface area contributed by atoms with Crippen LogP contribution >= 0.6 is 0 Å². The number of carboxylic acids is 1. The summed E-state index contributed by atoms with van der Waals surface area (Å²) in [4.78, 5) is 25.2. The Morgan fingerprint density at radius 2 is 2.00 bits per heavy atom. The number of likely N-dealkylation sites (tertiary alicyclic amines) is 1. The fourth-order valence-electron chi connectivity index (χ4n) is 3.11. The maximum atomic E-state index is 12.4. The Kier molecular flexibility index (Phi) is 4.02. The van der Waals surface area contributed by atoms with Crippen LogP contribution in [0.5, 0.6) is 0 Å². The Bertz CT molecular complexity index is 366. The van der Waals surface area contributed by atoms with Crippen LogP contribution in [0, 0.1) is 5.92 Å². The molecule has 5 nitrogen and oxygen atoms in total. The fourth-order valence-corrected chi connectivity index (χ4v) is 3.11. The van der Waals surface area contributed by atoms with E-state index < -0.39 is 11.5 Å². The minimum atomic E-state index is -0.833. The molecule has 1 aliphatic carbocycles. The van der Waals surface area contributed by atoms with Crippen LogP contribution in [0.25, 0.3) is 0 Å². The average molecular weight is 268 g/mol. The van der Waals surface area contributed by atoms with Gasteiger partial charge in [0.25, 0.3) is 0 Å². The molecule has 1 saturated carbocycles. The highest BCUT2D eigenvalue weighted by Gasteiger charge is 2.42. The second kappa shape index (κ2) is 5.39. The molecule has 0 spiro atoms. The van der Waals surface area contributed by atoms with Crippen molar-refractivity contribution in [3.63, 3.8) is 0 Å². The number of hydrogen-bond donors (Lipinski definition) is 2. The molecule has 2 fully saturated rings. The van der Waals surface area contributed by atoms with Gasteiger partial charge in [0.2, 0.25) is 0 Å².